The smallest absolute Gasteiger partial charge is 0.243 e. The number of hydrogen-bond donors (Lipinski definition) is 1. The fourth-order valence-electron chi connectivity index (χ4n) is 2.25. The van der Waals surface area contributed by atoms with Gasteiger partial charge >= 0.3 is 0 Å². The van der Waals surface area contributed by atoms with Crippen molar-refractivity contribution < 1.29 is 8.42 Å². The molecule has 1 aromatic rings. The van der Waals surface area contributed by atoms with Crippen molar-refractivity contribution in [2.75, 3.05) is 6.54 Å². The van der Waals surface area contributed by atoms with Crippen molar-refractivity contribution in [3.8, 4) is 0 Å². The van der Waals surface area contributed by atoms with Crippen molar-refractivity contribution in [2.24, 2.45) is 5.73 Å². The van der Waals surface area contributed by atoms with E-state index in [1.807, 2.05) is 33.8 Å². The second-order valence-corrected chi connectivity index (χ2v) is 6.68. The van der Waals surface area contributed by atoms with E-state index in [4.69, 9.17) is 5.73 Å². The van der Waals surface area contributed by atoms with Gasteiger partial charge in [0.2, 0.25) is 10.0 Å². The third-order valence-electron chi connectivity index (χ3n) is 3.27. The highest BCUT2D eigenvalue weighted by Crippen LogP contribution is 2.21. The maximum absolute atomic E-state index is 12.6. The van der Waals surface area contributed by atoms with Crippen LogP contribution in [0.3, 0.4) is 0 Å². The summed E-state index contributed by atoms with van der Waals surface area (Å²) >= 11 is 0. The Labute approximate surface area is 116 Å². The van der Waals surface area contributed by atoms with Gasteiger partial charge in [0.1, 0.15) is 0 Å². The van der Waals surface area contributed by atoms with Crippen LogP contribution in [0.5, 0.6) is 0 Å². The highest BCUT2D eigenvalue weighted by Gasteiger charge is 2.25. The van der Waals surface area contributed by atoms with Gasteiger partial charge in [-0.3, -0.25) is 0 Å². The van der Waals surface area contributed by atoms with Gasteiger partial charge in [-0.2, -0.15) is 4.31 Å². The zero-order valence-electron chi connectivity index (χ0n) is 12.2. The van der Waals surface area contributed by atoms with Crippen LogP contribution < -0.4 is 5.73 Å². The van der Waals surface area contributed by atoms with E-state index in [-0.39, 0.29) is 6.04 Å². The third-order valence-corrected chi connectivity index (χ3v) is 5.42. The van der Waals surface area contributed by atoms with Crippen molar-refractivity contribution in [1.82, 2.24) is 4.31 Å². The fraction of sp³-hybridized carbons (Fsp3) is 0.571. The lowest BCUT2D eigenvalue weighted by Gasteiger charge is -2.24. The van der Waals surface area contributed by atoms with Crippen LogP contribution >= 0.6 is 0 Å². The number of hydrogen-bond acceptors (Lipinski definition) is 3. The Kier molecular flexibility index (Phi) is 5.52. The third kappa shape index (κ3) is 3.35. The molecule has 1 aromatic carbocycles. The molecule has 0 saturated heterocycles. The van der Waals surface area contributed by atoms with Gasteiger partial charge in [-0.05, 0) is 43.5 Å². The number of sulfonamides is 1. The first-order chi connectivity index (χ1) is 8.88. The standard InChI is InChI=1S/C14H24N2O2S/c1-5-12-7-8-14(9-13(12)10-15)19(17,18)16(6-2)11(3)4/h7-9,11H,5-6,10,15H2,1-4H3. The van der Waals surface area contributed by atoms with E-state index in [9.17, 15) is 8.42 Å². The molecule has 0 unspecified atom stereocenters. The molecule has 0 aliphatic heterocycles. The molecule has 0 aliphatic carbocycles. The van der Waals surface area contributed by atoms with Gasteiger partial charge in [0.05, 0.1) is 4.90 Å². The molecule has 0 aromatic heterocycles. The molecule has 0 fully saturated rings. The second kappa shape index (κ2) is 6.50. The topological polar surface area (TPSA) is 63.4 Å². The van der Waals surface area contributed by atoms with Gasteiger partial charge in [0.25, 0.3) is 0 Å². The summed E-state index contributed by atoms with van der Waals surface area (Å²) in [5, 5.41) is 0. The first kappa shape index (κ1) is 16.1. The molecule has 0 amide bonds. The molecule has 0 bridgehead atoms. The van der Waals surface area contributed by atoms with Crippen LogP contribution in [0.1, 0.15) is 38.8 Å². The van der Waals surface area contributed by atoms with Gasteiger partial charge in [0, 0.05) is 19.1 Å². The van der Waals surface area contributed by atoms with E-state index in [0.29, 0.717) is 18.0 Å². The lowest BCUT2D eigenvalue weighted by molar-refractivity contribution is 0.369. The van der Waals surface area contributed by atoms with E-state index in [0.717, 1.165) is 17.5 Å². The Bertz CT molecular complexity index is 524. The molecule has 0 spiro atoms. The molecular formula is C14H24N2O2S. The maximum Gasteiger partial charge on any atom is 0.243 e. The minimum atomic E-state index is -3.43. The highest BCUT2D eigenvalue weighted by molar-refractivity contribution is 7.89. The summed E-state index contributed by atoms with van der Waals surface area (Å²) in [6, 6.07) is 5.20. The summed E-state index contributed by atoms with van der Waals surface area (Å²) < 4.78 is 26.6. The Morgan fingerprint density at radius 2 is 1.84 bits per heavy atom. The Balaban J connectivity index is 3.29. The summed E-state index contributed by atoms with van der Waals surface area (Å²) in [4.78, 5) is 0.334. The largest absolute Gasteiger partial charge is 0.326 e. The molecule has 0 heterocycles. The first-order valence-corrected chi connectivity index (χ1v) is 8.16. The van der Waals surface area contributed by atoms with E-state index in [2.05, 4.69) is 0 Å². The van der Waals surface area contributed by atoms with Crippen LogP contribution in [0.2, 0.25) is 0 Å². The van der Waals surface area contributed by atoms with Gasteiger partial charge in [0.15, 0.2) is 0 Å². The Morgan fingerprint density at radius 3 is 2.26 bits per heavy atom. The summed E-state index contributed by atoms with van der Waals surface area (Å²) in [6.07, 6.45) is 0.856. The zero-order valence-corrected chi connectivity index (χ0v) is 13.0. The minimum absolute atomic E-state index is 0.0535. The Hall–Kier alpha value is -0.910. The lowest BCUT2D eigenvalue weighted by Crippen LogP contribution is -2.36. The number of nitrogens with zero attached hydrogens (tertiary/aromatic N) is 1. The normalized spacial score (nSPS) is 12.4. The number of aryl methyl sites for hydroxylation is 1. The van der Waals surface area contributed by atoms with Crippen LogP contribution in [0.15, 0.2) is 23.1 Å². The number of rotatable bonds is 6. The average molecular weight is 284 g/mol. The summed E-state index contributed by atoms with van der Waals surface area (Å²) in [5.74, 6) is 0. The molecule has 4 nitrogen and oxygen atoms in total. The number of nitrogens with two attached hydrogens (primary N) is 1. The average Bonchev–Trinajstić information content (AvgIpc) is 2.37. The fourth-order valence-corrected chi connectivity index (χ4v) is 3.94. The predicted molar refractivity (Wildman–Crippen MR) is 78.4 cm³/mol. The van der Waals surface area contributed by atoms with Gasteiger partial charge in [-0.25, -0.2) is 8.42 Å². The van der Waals surface area contributed by atoms with E-state index < -0.39 is 10.0 Å². The van der Waals surface area contributed by atoms with Crippen LogP contribution in [-0.4, -0.2) is 25.3 Å². The van der Waals surface area contributed by atoms with Crippen LogP contribution in [-0.2, 0) is 23.0 Å². The monoisotopic (exact) mass is 284 g/mol. The Morgan fingerprint density at radius 1 is 1.21 bits per heavy atom. The molecule has 5 heteroatoms. The molecule has 0 aliphatic rings. The first-order valence-electron chi connectivity index (χ1n) is 6.72. The van der Waals surface area contributed by atoms with Crippen molar-refractivity contribution in [1.29, 1.82) is 0 Å². The highest BCUT2D eigenvalue weighted by atomic mass is 32.2. The van der Waals surface area contributed by atoms with Crippen LogP contribution in [0.25, 0.3) is 0 Å². The van der Waals surface area contributed by atoms with Crippen LogP contribution in [0.4, 0.5) is 0 Å². The van der Waals surface area contributed by atoms with Crippen molar-refractivity contribution in [3.63, 3.8) is 0 Å². The minimum Gasteiger partial charge on any atom is -0.326 e. The predicted octanol–water partition coefficient (Wildman–Crippen LogP) is 2.13. The van der Waals surface area contributed by atoms with Gasteiger partial charge in [-0.1, -0.05) is 19.9 Å². The summed E-state index contributed by atoms with van der Waals surface area (Å²) in [7, 11) is -3.43. The zero-order chi connectivity index (χ0) is 14.6. The van der Waals surface area contributed by atoms with E-state index >= 15 is 0 Å². The molecule has 19 heavy (non-hydrogen) atoms. The number of benzene rings is 1. The molecule has 1 rings (SSSR count). The van der Waals surface area contributed by atoms with Gasteiger partial charge in [-0.15, -0.1) is 0 Å². The molecule has 0 atom stereocenters. The lowest BCUT2D eigenvalue weighted by atomic mass is 10.1. The van der Waals surface area contributed by atoms with Gasteiger partial charge < -0.3 is 5.73 Å². The SMILES string of the molecule is CCc1ccc(S(=O)(=O)N(CC)C(C)C)cc1CN. The summed E-state index contributed by atoms with van der Waals surface area (Å²) in [5.41, 5.74) is 7.71. The molecule has 0 saturated carbocycles. The van der Waals surface area contributed by atoms with Crippen molar-refractivity contribution in [2.45, 2.75) is 51.6 Å². The van der Waals surface area contributed by atoms with Crippen LogP contribution in [0, 0.1) is 0 Å². The quantitative estimate of drug-likeness (QED) is 0.870. The van der Waals surface area contributed by atoms with Crippen molar-refractivity contribution >= 4 is 10.0 Å². The van der Waals surface area contributed by atoms with E-state index in [1.54, 1.807) is 12.1 Å². The molecule has 2 N–H and O–H groups in total. The molecule has 108 valence electrons. The summed E-state index contributed by atoms with van der Waals surface area (Å²) in [6.45, 7) is 8.47. The molecular weight excluding hydrogens is 260 g/mol. The maximum atomic E-state index is 12.6. The molecule has 0 radical (unpaired) electrons. The second-order valence-electron chi connectivity index (χ2n) is 4.79. The van der Waals surface area contributed by atoms with E-state index in [1.165, 1.54) is 4.31 Å². The van der Waals surface area contributed by atoms with Crippen molar-refractivity contribution in [3.05, 3.63) is 29.3 Å².